The molecule has 3 aromatic rings. The number of imidazole rings is 1. The number of nitrogens with zero attached hydrogens (tertiary/aromatic N) is 3. The Morgan fingerprint density at radius 2 is 2.26 bits per heavy atom. The first kappa shape index (κ1) is 11.1. The van der Waals surface area contributed by atoms with E-state index in [1.165, 1.54) is 10.6 Å². The summed E-state index contributed by atoms with van der Waals surface area (Å²) in [6.07, 6.45) is 7.30. The lowest BCUT2D eigenvalue weighted by atomic mass is 9.99. The van der Waals surface area contributed by atoms with Crippen molar-refractivity contribution in [3.8, 4) is 10.7 Å². The Bertz CT molecular complexity index is 710. The molecule has 0 aliphatic heterocycles. The number of pyridine rings is 1. The Hall–Kier alpha value is -1.72. The molecule has 3 aromatic heterocycles. The van der Waals surface area contributed by atoms with E-state index in [4.69, 9.17) is 10.7 Å². The van der Waals surface area contributed by atoms with E-state index in [0.717, 1.165) is 35.6 Å². The van der Waals surface area contributed by atoms with Crippen LogP contribution in [0.4, 0.5) is 0 Å². The lowest BCUT2D eigenvalue weighted by Gasteiger charge is -2.15. The van der Waals surface area contributed by atoms with E-state index in [1.807, 2.05) is 35.0 Å². The maximum atomic E-state index is 6.16. The second-order valence-corrected chi connectivity index (χ2v) is 5.95. The third-order valence-electron chi connectivity index (χ3n) is 3.58. The monoisotopic (exact) mass is 270 g/mol. The maximum Gasteiger partial charge on any atom is 0.144 e. The van der Waals surface area contributed by atoms with Crippen LogP contribution in [0.1, 0.15) is 29.5 Å². The summed E-state index contributed by atoms with van der Waals surface area (Å²) in [6.45, 7) is 0. The van der Waals surface area contributed by atoms with Gasteiger partial charge in [-0.1, -0.05) is 6.07 Å². The SMILES string of the molecule is NC1CCCc2nc(-c3cn4ccccc4n3)sc21. The van der Waals surface area contributed by atoms with Crippen molar-refractivity contribution in [2.45, 2.75) is 25.3 Å². The Labute approximate surface area is 114 Å². The summed E-state index contributed by atoms with van der Waals surface area (Å²) in [5.41, 5.74) is 9.23. The number of aryl methyl sites for hydroxylation is 1. The molecular formula is C14H14N4S. The number of fused-ring (bicyclic) bond motifs is 2. The summed E-state index contributed by atoms with van der Waals surface area (Å²) in [7, 11) is 0. The van der Waals surface area contributed by atoms with Crippen molar-refractivity contribution in [1.82, 2.24) is 14.4 Å². The summed E-state index contributed by atoms with van der Waals surface area (Å²) in [5.74, 6) is 0. The first-order valence-electron chi connectivity index (χ1n) is 6.50. The van der Waals surface area contributed by atoms with Crippen LogP contribution < -0.4 is 5.73 Å². The molecule has 2 N–H and O–H groups in total. The minimum atomic E-state index is 0.159. The van der Waals surface area contributed by atoms with Crippen LogP contribution in [0, 0.1) is 0 Å². The first-order chi connectivity index (χ1) is 9.31. The van der Waals surface area contributed by atoms with Crippen LogP contribution in [-0.2, 0) is 6.42 Å². The normalized spacial score (nSPS) is 18.7. The quantitative estimate of drug-likeness (QED) is 0.739. The Balaban J connectivity index is 1.83. The van der Waals surface area contributed by atoms with E-state index in [1.54, 1.807) is 11.3 Å². The number of thiazole rings is 1. The zero-order valence-corrected chi connectivity index (χ0v) is 11.2. The molecule has 19 heavy (non-hydrogen) atoms. The second-order valence-electron chi connectivity index (χ2n) is 4.92. The van der Waals surface area contributed by atoms with Gasteiger partial charge in [-0.15, -0.1) is 11.3 Å². The zero-order chi connectivity index (χ0) is 12.8. The highest BCUT2D eigenvalue weighted by Gasteiger charge is 2.22. The predicted molar refractivity (Wildman–Crippen MR) is 76.2 cm³/mol. The average Bonchev–Trinajstić information content (AvgIpc) is 3.02. The molecule has 0 spiro atoms. The average molecular weight is 270 g/mol. The summed E-state index contributed by atoms with van der Waals surface area (Å²) in [4.78, 5) is 10.6. The Morgan fingerprint density at radius 3 is 3.11 bits per heavy atom. The van der Waals surface area contributed by atoms with E-state index in [0.29, 0.717) is 0 Å². The summed E-state index contributed by atoms with van der Waals surface area (Å²) in [5, 5.41) is 0.992. The maximum absolute atomic E-state index is 6.16. The highest BCUT2D eigenvalue weighted by atomic mass is 32.1. The molecule has 0 saturated carbocycles. The topological polar surface area (TPSA) is 56.2 Å². The van der Waals surface area contributed by atoms with Crippen molar-refractivity contribution >= 4 is 17.0 Å². The van der Waals surface area contributed by atoms with Crippen LogP contribution >= 0.6 is 11.3 Å². The van der Waals surface area contributed by atoms with Gasteiger partial charge in [0.05, 0.1) is 5.69 Å². The van der Waals surface area contributed by atoms with Crippen LogP contribution in [0.25, 0.3) is 16.3 Å². The molecule has 1 aliphatic carbocycles. The predicted octanol–water partition coefficient (Wildman–Crippen LogP) is 2.79. The van der Waals surface area contributed by atoms with E-state index in [-0.39, 0.29) is 6.04 Å². The standard InChI is InChI=1S/C14H14N4S/c15-9-4-3-5-10-13(9)19-14(17-10)11-8-18-7-2-1-6-12(18)16-11/h1-2,6-9H,3-5,15H2. The minimum absolute atomic E-state index is 0.159. The molecule has 1 aliphatic rings. The van der Waals surface area contributed by atoms with Gasteiger partial charge >= 0.3 is 0 Å². The molecular weight excluding hydrogens is 256 g/mol. The van der Waals surface area contributed by atoms with Crippen molar-refractivity contribution in [2.24, 2.45) is 5.73 Å². The van der Waals surface area contributed by atoms with Gasteiger partial charge in [-0.25, -0.2) is 9.97 Å². The number of hydrogen-bond donors (Lipinski definition) is 1. The van der Waals surface area contributed by atoms with Gasteiger partial charge in [0.1, 0.15) is 16.3 Å². The summed E-state index contributed by atoms with van der Waals surface area (Å²) >= 11 is 1.70. The highest BCUT2D eigenvalue weighted by molar-refractivity contribution is 7.15. The fourth-order valence-electron chi connectivity index (χ4n) is 2.60. The molecule has 4 rings (SSSR count). The number of nitrogens with two attached hydrogens (primary N) is 1. The number of hydrogen-bond acceptors (Lipinski definition) is 4. The molecule has 0 saturated heterocycles. The molecule has 5 heteroatoms. The molecule has 0 bridgehead atoms. The zero-order valence-electron chi connectivity index (χ0n) is 10.4. The minimum Gasteiger partial charge on any atom is -0.323 e. The molecule has 0 fully saturated rings. The molecule has 4 nitrogen and oxygen atoms in total. The van der Waals surface area contributed by atoms with Crippen LogP contribution in [0.5, 0.6) is 0 Å². The van der Waals surface area contributed by atoms with Crippen LogP contribution in [0.15, 0.2) is 30.6 Å². The summed E-state index contributed by atoms with van der Waals surface area (Å²) in [6, 6.07) is 6.16. The molecule has 96 valence electrons. The molecule has 0 amide bonds. The largest absolute Gasteiger partial charge is 0.323 e. The van der Waals surface area contributed by atoms with Crippen molar-refractivity contribution in [2.75, 3.05) is 0 Å². The third kappa shape index (κ3) is 1.77. The van der Waals surface area contributed by atoms with Gasteiger partial charge in [-0.3, -0.25) is 0 Å². The van der Waals surface area contributed by atoms with Gasteiger partial charge in [-0.05, 0) is 31.4 Å². The van der Waals surface area contributed by atoms with Crippen LogP contribution in [0.2, 0.25) is 0 Å². The Kier molecular flexibility index (Phi) is 2.43. The molecule has 1 atom stereocenters. The van der Waals surface area contributed by atoms with Gasteiger partial charge < -0.3 is 10.1 Å². The van der Waals surface area contributed by atoms with E-state index in [9.17, 15) is 0 Å². The van der Waals surface area contributed by atoms with Crippen molar-refractivity contribution in [3.05, 3.63) is 41.2 Å². The lowest BCUT2D eigenvalue weighted by molar-refractivity contribution is 0.573. The van der Waals surface area contributed by atoms with Gasteiger partial charge in [0.2, 0.25) is 0 Å². The fraction of sp³-hybridized carbons (Fsp3) is 0.286. The fourth-order valence-corrected chi connectivity index (χ4v) is 3.70. The van der Waals surface area contributed by atoms with Crippen molar-refractivity contribution in [1.29, 1.82) is 0 Å². The number of rotatable bonds is 1. The lowest BCUT2D eigenvalue weighted by Crippen LogP contribution is -2.15. The molecule has 1 unspecified atom stereocenters. The van der Waals surface area contributed by atoms with Gasteiger partial charge in [-0.2, -0.15) is 0 Å². The van der Waals surface area contributed by atoms with Crippen LogP contribution in [0.3, 0.4) is 0 Å². The van der Waals surface area contributed by atoms with Gasteiger partial charge in [0.15, 0.2) is 0 Å². The second kappa shape index (κ2) is 4.15. The van der Waals surface area contributed by atoms with Gasteiger partial charge in [0, 0.05) is 23.3 Å². The van der Waals surface area contributed by atoms with Crippen LogP contribution in [-0.4, -0.2) is 14.4 Å². The smallest absolute Gasteiger partial charge is 0.144 e. The highest BCUT2D eigenvalue weighted by Crippen LogP contribution is 2.36. The molecule has 3 heterocycles. The molecule has 0 radical (unpaired) electrons. The third-order valence-corrected chi connectivity index (χ3v) is 4.83. The van der Waals surface area contributed by atoms with Crippen molar-refractivity contribution < 1.29 is 0 Å². The van der Waals surface area contributed by atoms with E-state index < -0.39 is 0 Å². The van der Waals surface area contributed by atoms with Crippen molar-refractivity contribution in [3.63, 3.8) is 0 Å². The summed E-state index contributed by atoms with van der Waals surface area (Å²) < 4.78 is 2.02. The number of aromatic nitrogens is 3. The van der Waals surface area contributed by atoms with E-state index in [2.05, 4.69) is 4.98 Å². The first-order valence-corrected chi connectivity index (χ1v) is 7.32. The Morgan fingerprint density at radius 1 is 1.32 bits per heavy atom. The van der Waals surface area contributed by atoms with Gasteiger partial charge in [0.25, 0.3) is 0 Å². The van der Waals surface area contributed by atoms with E-state index >= 15 is 0 Å². The molecule has 0 aromatic carbocycles.